The van der Waals surface area contributed by atoms with Gasteiger partial charge in [-0.3, -0.25) is 4.90 Å². The summed E-state index contributed by atoms with van der Waals surface area (Å²) in [5.41, 5.74) is 6.86. The van der Waals surface area contributed by atoms with Gasteiger partial charge in [-0.1, -0.05) is 6.92 Å². The molecule has 0 radical (unpaired) electrons. The molecule has 2 saturated heterocycles. The molecule has 19 heavy (non-hydrogen) atoms. The normalized spacial score (nSPS) is 54.8. The van der Waals surface area contributed by atoms with Gasteiger partial charge in [0, 0.05) is 37.8 Å². The lowest BCUT2D eigenvalue weighted by Gasteiger charge is -2.28. The smallest absolute Gasteiger partial charge is 0.0327 e. The van der Waals surface area contributed by atoms with E-state index in [1.54, 1.807) is 0 Å². The molecular weight excluding hydrogens is 234 g/mol. The molecule has 0 aromatic carbocycles. The van der Waals surface area contributed by atoms with E-state index in [2.05, 4.69) is 23.8 Å². The van der Waals surface area contributed by atoms with Crippen molar-refractivity contribution in [1.82, 2.24) is 9.80 Å². The number of hydrogen-bond acceptors (Lipinski definition) is 3. The van der Waals surface area contributed by atoms with Crippen LogP contribution in [0.25, 0.3) is 0 Å². The molecule has 3 heteroatoms. The van der Waals surface area contributed by atoms with Crippen molar-refractivity contribution in [3.05, 3.63) is 0 Å². The maximum absolute atomic E-state index is 6.70. The Morgan fingerprint density at radius 3 is 2.37 bits per heavy atom. The highest BCUT2D eigenvalue weighted by Crippen LogP contribution is 2.47. The number of hydrogen-bond donors (Lipinski definition) is 1. The molecule has 5 unspecified atom stereocenters. The van der Waals surface area contributed by atoms with Gasteiger partial charge in [-0.15, -0.1) is 0 Å². The maximum Gasteiger partial charge on any atom is 0.0327 e. The summed E-state index contributed by atoms with van der Waals surface area (Å²) in [6, 6.07) is 0.852. The van der Waals surface area contributed by atoms with Crippen molar-refractivity contribution in [2.45, 2.75) is 44.2 Å². The van der Waals surface area contributed by atoms with Gasteiger partial charge in [-0.05, 0) is 56.4 Å². The average molecular weight is 263 g/mol. The van der Waals surface area contributed by atoms with Crippen LogP contribution >= 0.6 is 0 Å². The quantitative estimate of drug-likeness (QED) is 0.776. The third-order valence-electron chi connectivity index (χ3n) is 6.61. The fourth-order valence-corrected chi connectivity index (χ4v) is 5.87. The van der Waals surface area contributed by atoms with Crippen LogP contribution in [-0.4, -0.2) is 54.6 Å². The van der Waals surface area contributed by atoms with E-state index in [9.17, 15) is 0 Å². The van der Waals surface area contributed by atoms with Crippen LogP contribution in [0.3, 0.4) is 0 Å². The van der Waals surface area contributed by atoms with Crippen molar-refractivity contribution in [2.75, 3.05) is 33.2 Å². The SMILES string of the molecule is CC1CC2CN(C3CC4CN(C)CC4C3)CC2(N)C1. The fraction of sp³-hybridized carbons (Fsp3) is 1.00. The van der Waals surface area contributed by atoms with Crippen molar-refractivity contribution in [3.63, 3.8) is 0 Å². The lowest BCUT2D eigenvalue weighted by Crippen LogP contribution is -2.45. The van der Waals surface area contributed by atoms with E-state index in [0.717, 1.165) is 29.7 Å². The molecule has 0 amide bonds. The Labute approximate surface area is 117 Å². The second-order valence-electron chi connectivity index (χ2n) is 8.27. The van der Waals surface area contributed by atoms with Crippen LogP contribution in [0, 0.1) is 23.7 Å². The van der Waals surface area contributed by atoms with E-state index >= 15 is 0 Å². The molecule has 4 aliphatic rings. The lowest BCUT2D eigenvalue weighted by molar-refractivity contribution is 0.202. The van der Waals surface area contributed by atoms with Gasteiger partial charge in [-0.25, -0.2) is 0 Å². The Morgan fingerprint density at radius 1 is 1.05 bits per heavy atom. The van der Waals surface area contributed by atoms with Gasteiger partial charge in [0.15, 0.2) is 0 Å². The second-order valence-corrected chi connectivity index (χ2v) is 8.27. The van der Waals surface area contributed by atoms with Crippen LogP contribution in [0.5, 0.6) is 0 Å². The van der Waals surface area contributed by atoms with Crippen LogP contribution in [-0.2, 0) is 0 Å². The molecule has 0 bridgehead atoms. The Balaban J connectivity index is 1.41. The first kappa shape index (κ1) is 12.6. The highest BCUT2D eigenvalue weighted by Gasteiger charge is 2.52. The third kappa shape index (κ3) is 1.97. The molecule has 4 rings (SSSR count). The van der Waals surface area contributed by atoms with Crippen LogP contribution in [0.15, 0.2) is 0 Å². The summed E-state index contributed by atoms with van der Waals surface area (Å²) in [7, 11) is 2.28. The van der Waals surface area contributed by atoms with E-state index in [-0.39, 0.29) is 5.54 Å². The Hall–Kier alpha value is -0.120. The third-order valence-corrected chi connectivity index (χ3v) is 6.61. The Bertz CT molecular complexity index is 357. The first-order chi connectivity index (χ1) is 9.03. The molecule has 2 aliphatic carbocycles. The van der Waals surface area contributed by atoms with Gasteiger partial charge in [0.1, 0.15) is 0 Å². The standard InChI is InChI=1S/C16H29N3/c1-11-3-14-9-19(10-16(14,17)6-11)15-4-12-7-18(2)8-13(12)5-15/h11-15H,3-10,17H2,1-2H3. The zero-order valence-electron chi connectivity index (χ0n) is 12.5. The van der Waals surface area contributed by atoms with Crippen molar-refractivity contribution in [2.24, 2.45) is 29.4 Å². The summed E-state index contributed by atoms with van der Waals surface area (Å²) in [4.78, 5) is 5.30. The molecule has 5 atom stereocenters. The van der Waals surface area contributed by atoms with Crippen LogP contribution in [0.4, 0.5) is 0 Å². The minimum absolute atomic E-state index is 0.161. The first-order valence-electron chi connectivity index (χ1n) is 8.25. The highest BCUT2D eigenvalue weighted by atomic mass is 15.2. The molecule has 0 aromatic heterocycles. The van der Waals surface area contributed by atoms with Crippen LogP contribution in [0.1, 0.15) is 32.6 Å². The van der Waals surface area contributed by atoms with Crippen molar-refractivity contribution in [3.8, 4) is 0 Å². The monoisotopic (exact) mass is 263 g/mol. The zero-order chi connectivity index (χ0) is 13.2. The zero-order valence-corrected chi connectivity index (χ0v) is 12.5. The van der Waals surface area contributed by atoms with Gasteiger partial charge in [0.25, 0.3) is 0 Å². The molecule has 2 aliphatic heterocycles. The van der Waals surface area contributed by atoms with Gasteiger partial charge < -0.3 is 10.6 Å². The lowest BCUT2D eigenvalue weighted by atomic mass is 9.92. The largest absolute Gasteiger partial charge is 0.324 e. The number of nitrogens with two attached hydrogens (primary N) is 1. The fourth-order valence-electron chi connectivity index (χ4n) is 5.87. The summed E-state index contributed by atoms with van der Waals surface area (Å²) in [5, 5.41) is 0. The van der Waals surface area contributed by atoms with Gasteiger partial charge in [0.2, 0.25) is 0 Å². The summed E-state index contributed by atoms with van der Waals surface area (Å²) < 4.78 is 0. The Kier molecular flexibility index (Phi) is 2.78. The van der Waals surface area contributed by atoms with E-state index in [1.165, 1.54) is 51.9 Å². The molecule has 4 fully saturated rings. The maximum atomic E-state index is 6.70. The van der Waals surface area contributed by atoms with Crippen molar-refractivity contribution < 1.29 is 0 Å². The molecule has 108 valence electrons. The summed E-state index contributed by atoms with van der Waals surface area (Å²) in [5.74, 6) is 3.59. The van der Waals surface area contributed by atoms with Gasteiger partial charge in [0.05, 0.1) is 0 Å². The van der Waals surface area contributed by atoms with E-state index in [0.29, 0.717) is 0 Å². The number of nitrogens with zero attached hydrogens (tertiary/aromatic N) is 2. The number of fused-ring (bicyclic) bond motifs is 2. The van der Waals surface area contributed by atoms with Crippen molar-refractivity contribution >= 4 is 0 Å². The van der Waals surface area contributed by atoms with E-state index in [1.807, 2.05) is 0 Å². The molecule has 3 nitrogen and oxygen atoms in total. The summed E-state index contributed by atoms with van der Waals surface area (Å²) in [6.07, 6.45) is 5.51. The van der Waals surface area contributed by atoms with Gasteiger partial charge in [-0.2, -0.15) is 0 Å². The Morgan fingerprint density at radius 2 is 1.74 bits per heavy atom. The average Bonchev–Trinajstić information content (AvgIpc) is 2.94. The minimum Gasteiger partial charge on any atom is -0.324 e. The molecule has 0 spiro atoms. The summed E-state index contributed by atoms with van der Waals surface area (Å²) >= 11 is 0. The highest BCUT2D eigenvalue weighted by molar-refractivity contribution is 5.09. The van der Waals surface area contributed by atoms with Crippen molar-refractivity contribution in [1.29, 1.82) is 0 Å². The minimum atomic E-state index is 0.161. The predicted octanol–water partition coefficient (Wildman–Crippen LogP) is 1.39. The molecule has 2 heterocycles. The molecular formula is C16H29N3. The van der Waals surface area contributed by atoms with E-state index < -0.39 is 0 Å². The topological polar surface area (TPSA) is 32.5 Å². The first-order valence-corrected chi connectivity index (χ1v) is 8.25. The number of rotatable bonds is 1. The molecule has 2 N–H and O–H groups in total. The summed E-state index contributed by atoms with van der Waals surface area (Å²) in [6.45, 7) is 7.53. The molecule has 0 aromatic rings. The van der Waals surface area contributed by atoms with E-state index in [4.69, 9.17) is 5.73 Å². The van der Waals surface area contributed by atoms with Crippen LogP contribution in [0.2, 0.25) is 0 Å². The number of likely N-dealkylation sites (tertiary alicyclic amines) is 2. The van der Waals surface area contributed by atoms with Gasteiger partial charge >= 0.3 is 0 Å². The van der Waals surface area contributed by atoms with Crippen LogP contribution < -0.4 is 5.73 Å². The molecule has 2 saturated carbocycles. The predicted molar refractivity (Wildman–Crippen MR) is 77.9 cm³/mol. The second kappa shape index (κ2) is 4.19.